The number of pyridine rings is 1. The lowest BCUT2D eigenvalue weighted by atomic mass is 10.1. The molecule has 2 rings (SSSR count). The highest BCUT2D eigenvalue weighted by Crippen LogP contribution is 2.32. The molecule has 0 spiro atoms. The van der Waals surface area contributed by atoms with E-state index in [-0.39, 0.29) is 5.69 Å². The van der Waals surface area contributed by atoms with Gasteiger partial charge in [0.15, 0.2) is 6.29 Å². The molecule has 0 radical (unpaired) electrons. The van der Waals surface area contributed by atoms with Gasteiger partial charge in [0.05, 0.1) is 10.3 Å². The largest absolute Gasteiger partial charge is 0.463 e. The number of benzene rings is 1. The zero-order valence-corrected chi connectivity index (χ0v) is 12.1. The summed E-state index contributed by atoms with van der Waals surface area (Å²) in [6, 6.07) is 6.16. The summed E-state index contributed by atoms with van der Waals surface area (Å²) in [5.41, 5.74) is 0.388. The van der Waals surface area contributed by atoms with Crippen molar-refractivity contribution in [1.82, 2.24) is 4.98 Å². The number of fused-ring (bicyclic) bond motifs is 1. The Balaban J connectivity index is 2.29. The number of nitro benzene ring substituents is 1. The molecule has 1 heterocycles. The van der Waals surface area contributed by atoms with E-state index in [2.05, 4.69) is 4.98 Å². The van der Waals surface area contributed by atoms with Crippen LogP contribution in [0.15, 0.2) is 30.5 Å². The van der Waals surface area contributed by atoms with Crippen molar-refractivity contribution in [2.24, 2.45) is 0 Å². The highest BCUT2D eigenvalue weighted by molar-refractivity contribution is 5.92. The number of aromatic nitrogens is 1. The van der Waals surface area contributed by atoms with Crippen molar-refractivity contribution < 1.29 is 19.2 Å². The molecule has 0 saturated carbocycles. The molecule has 7 heteroatoms. The number of unbranched alkanes of at least 4 members (excludes halogenated alkanes) is 1. The summed E-state index contributed by atoms with van der Waals surface area (Å²) < 4.78 is 11.0. The molecule has 7 nitrogen and oxygen atoms in total. The number of ether oxygens (including phenoxy) is 2. The first kappa shape index (κ1) is 15.8. The fourth-order valence-electron chi connectivity index (χ4n) is 2.12. The first-order valence-corrected chi connectivity index (χ1v) is 6.82. The van der Waals surface area contributed by atoms with Crippen LogP contribution in [0.3, 0.4) is 0 Å². The van der Waals surface area contributed by atoms with Crippen LogP contribution in [0.5, 0.6) is 5.75 Å². The topological polar surface area (TPSA) is 91.6 Å². The average molecular weight is 304 g/mol. The van der Waals surface area contributed by atoms with Gasteiger partial charge in [0.25, 0.3) is 5.69 Å². The lowest BCUT2D eigenvalue weighted by molar-refractivity contribution is -0.383. The van der Waals surface area contributed by atoms with Gasteiger partial charge in [-0.05, 0) is 24.6 Å². The Labute approximate surface area is 127 Å². The van der Waals surface area contributed by atoms with Gasteiger partial charge in [-0.3, -0.25) is 15.1 Å². The molecule has 22 heavy (non-hydrogen) atoms. The molecule has 0 aliphatic rings. The van der Waals surface area contributed by atoms with Crippen LogP contribution in [-0.4, -0.2) is 29.6 Å². The maximum absolute atomic E-state index is 11.1. The second-order valence-electron chi connectivity index (χ2n) is 4.62. The predicted octanol–water partition coefficient (Wildman–Crippen LogP) is 2.86. The fraction of sp³-hybridized carbons (Fsp3) is 0.333. The van der Waals surface area contributed by atoms with Gasteiger partial charge >= 0.3 is 0 Å². The number of hydrogen-bond donors (Lipinski definition) is 0. The number of carbonyl (C=O) groups excluding carboxylic acids is 1. The number of nitrogens with zero attached hydrogens (tertiary/aromatic N) is 2. The summed E-state index contributed by atoms with van der Waals surface area (Å²) in [7, 11) is 1.51. The molecule has 1 unspecified atom stereocenters. The van der Waals surface area contributed by atoms with Crippen LogP contribution in [0.2, 0.25) is 0 Å². The molecule has 1 aromatic carbocycles. The van der Waals surface area contributed by atoms with Gasteiger partial charge in [-0.15, -0.1) is 0 Å². The molecular formula is C15H16N2O5. The summed E-state index contributed by atoms with van der Waals surface area (Å²) in [5.74, 6) is 0.416. The summed E-state index contributed by atoms with van der Waals surface area (Å²) in [6.07, 6.45) is 3.47. The van der Waals surface area contributed by atoms with Crippen molar-refractivity contribution in [3.05, 3.63) is 40.6 Å². The summed E-state index contributed by atoms with van der Waals surface area (Å²) >= 11 is 0. The van der Waals surface area contributed by atoms with Crippen LogP contribution >= 0.6 is 0 Å². The van der Waals surface area contributed by atoms with Crippen molar-refractivity contribution in [1.29, 1.82) is 0 Å². The zero-order valence-electron chi connectivity index (χ0n) is 12.1. The minimum atomic E-state index is -0.536. The number of nitro groups is 1. The van der Waals surface area contributed by atoms with Crippen LogP contribution in [0, 0.1) is 10.1 Å². The van der Waals surface area contributed by atoms with Crippen molar-refractivity contribution in [2.75, 3.05) is 7.11 Å². The Bertz CT molecular complexity index is 674. The number of hydrogen-bond acceptors (Lipinski definition) is 6. The number of aldehydes is 1. The van der Waals surface area contributed by atoms with Gasteiger partial charge < -0.3 is 14.3 Å². The van der Waals surface area contributed by atoms with Crippen LogP contribution in [0.25, 0.3) is 10.9 Å². The van der Waals surface area contributed by atoms with E-state index in [1.165, 1.54) is 19.2 Å². The molecule has 2 aromatic rings. The molecule has 0 aliphatic carbocycles. The maximum Gasteiger partial charge on any atom is 0.279 e. The Hall–Kier alpha value is -2.54. The molecule has 0 amide bonds. The van der Waals surface area contributed by atoms with Crippen LogP contribution in [0.4, 0.5) is 5.69 Å². The smallest absolute Gasteiger partial charge is 0.279 e. The second-order valence-corrected chi connectivity index (χ2v) is 4.62. The maximum atomic E-state index is 11.1. The zero-order chi connectivity index (χ0) is 15.9. The van der Waals surface area contributed by atoms with Gasteiger partial charge in [-0.1, -0.05) is 0 Å². The molecular weight excluding hydrogens is 288 g/mol. The van der Waals surface area contributed by atoms with E-state index in [4.69, 9.17) is 9.47 Å². The van der Waals surface area contributed by atoms with Crippen LogP contribution in [0.1, 0.15) is 19.3 Å². The third-order valence-corrected chi connectivity index (χ3v) is 3.19. The van der Waals surface area contributed by atoms with E-state index in [1.54, 1.807) is 18.3 Å². The summed E-state index contributed by atoms with van der Waals surface area (Å²) in [5, 5.41) is 11.5. The minimum absolute atomic E-state index is 0.0228. The Morgan fingerprint density at radius 3 is 2.91 bits per heavy atom. The molecule has 116 valence electrons. The lowest BCUT2D eigenvalue weighted by Gasteiger charge is -2.17. The van der Waals surface area contributed by atoms with Gasteiger partial charge in [0.2, 0.25) is 0 Å². The SMILES string of the molecule is COC(CCCC=O)Oc1ccc([N+](=O)[O-])c2cccnc12. The van der Waals surface area contributed by atoms with Gasteiger partial charge in [-0.2, -0.15) is 0 Å². The average Bonchev–Trinajstić information content (AvgIpc) is 2.53. The van der Waals surface area contributed by atoms with Crippen LogP contribution < -0.4 is 4.74 Å². The monoisotopic (exact) mass is 304 g/mol. The standard InChI is InChI=1S/C15H16N2O5/c1-21-14(6-2-3-10-18)22-13-8-7-12(17(19)20)11-5-4-9-16-15(11)13/h4-5,7-10,14H,2-3,6H2,1H3. The predicted molar refractivity (Wildman–Crippen MR) is 79.7 cm³/mol. The van der Waals surface area contributed by atoms with Crippen molar-refractivity contribution in [3.63, 3.8) is 0 Å². The fourth-order valence-corrected chi connectivity index (χ4v) is 2.12. The molecule has 0 N–H and O–H groups in total. The molecule has 1 aromatic heterocycles. The van der Waals surface area contributed by atoms with Crippen molar-refractivity contribution >= 4 is 22.9 Å². The van der Waals surface area contributed by atoms with E-state index >= 15 is 0 Å². The third kappa shape index (κ3) is 3.56. The van der Waals surface area contributed by atoms with E-state index in [9.17, 15) is 14.9 Å². The molecule has 0 saturated heterocycles. The second kappa shape index (κ2) is 7.46. The first-order chi connectivity index (χ1) is 10.7. The number of non-ortho nitro benzene ring substituents is 1. The van der Waals surface area contributed by atoms with E-state index < -0.39 is 11.2 Å². The Morgan fingerprint density at radius 2 is 2.23 bits per heavy atom. The number of carbonyl (C=O) groups is 1. The molecule has 0 aliphatic heterocycles. The number of methoxy groups -OCH3 is 1. The molecule has 1 atom stereocenters. The summed E-state index contributed by atoms with van der Waals surface area (Å²) in [6.45, 7) is 0. The van der Waals surface area contributed by atoms with Crippen molar-refractivity contribution in [2.45, 2.75) is 25.6 Å². The quantitative estimate of drug-likeness (QED) is 0.245. The van der Waals surface area contributed by atoms with Crippen LogP contribution in [-0.2, 0) is 9.53 Å². The summed E-state index contributed by atoms with van der Waals surface area (Å²) in [4.78, 5) is 25.1. The van der Waals surface area contributed by atoms with Crippen molar-refractivity contribution in [3.8, 4) is 5.75 Å². The third-order valence-electron chi connectivity index (χ3n) is 3.19. The minimum Gasteiger partial charge on any atom is -0.463 e. The van der Waals surface area contributed by atoms with E-state index in [0.29, 0.717) is 35.9 Å². The molecule has 0 fully saturated rings. The van der Waals surface area contributed by atoms with E-state index in [0.717, 1.165) is 6.29 Å². The Kier molecular flexibility index (Phi) is 5.37. The van der Waals surface area contributed by atoms with Gasteiger partial charge in [0.1, 0.15) is 17.6 Å². The van der Waals surface area contributed by atoms with E-state index in [1.807, 2.05) is 0 Å². The normalized spacial score (nSPS) is 12.0. The van der Waals surface area contributed by atoms with Gasteiger partial charge in [-0.25, -0.2) is 0 Å². The highest BCUT2D eigenvalue weighted by atomic mass is 16.7. The highest BCUT2D eigenvalue weighted by Gasteiger charge is 2.18. The Morgan fingerprint density at radius 1 is 1.41 bits per heavy atom. The molecule has 0 bridgehead atoms. The number of rotatable bonds is 8. The first-order valence-electron chi connectivity index (χ1n) is 6.82. The van der Waals surface area contributed by atoms with Gasteiger partial charge in [0, 0.05) is 32.2 Å². The lowest BCUT2D eigenvalue weighted by Crippen LogP contribution is -2.19.